The standard InChI is InChI=1S/C25H28N2OS/c28-25(19-29-24-11-10-21-8-4-5-9-22(21)18-24)26-23-13-16-27(17-14-23)15-12-20-6-2-1-3-7-20/h1-11,18,23H,12-17,19H2,(H,26,28). The van der Waals surface area contributed by atoms with E-state index in [-0.39, 0.29) is 5.91 Å². The van der Waals surface area contributed by atoms with Crippen molar-refractivity contribution in [1.29, 1.82) is 0 Å². The highest BCUT2D eigenvalue weighted by molar-refractivity contribution is 8.00. The van der Waals surface area contributed by atoms with Gasteiger partial charge in [-0.1, -0.05) is 60.7 Å². The van der Waals surface area contributed by atoms with Crippen LogP contribution >= 0.6 is 11.8 Å². The summed E-state index contributed by atoms with van der Waals surface area (Å²) in [5.41, 5.74) is 1.40. The fraction of sp³-hybridized carbons (Fsp3) is 0.320. The van der Waals surface area contributed by atoms with Crippen LogP contribution in [0.5, 0.6) is 0 Å². The summed E-state index contributed by atoms with van der Waals surface area (Å²) >= 11 is 1.62. The van der Waals surface area contributed by atoms with Gasteiger partial charge in [-0.15, -0.1) is 11.8 Å². The van der Waals surface area contributed by atoms with Crippen LogP contribution in [-0.4, -0.2) is 42.2 Å². The third-order valence-corrected chi connectivity index (χ3v) is 6.60. The van der Waals surface area contributed by atoms with Crippen LogP contribution in [0.15, 0.2) is 77.7 Å². The fourth-order valence-electron chi connectivity index (χ4n) is 3.91. The molecule has 0 bridgehead atoms. The molecule has 1 amide bonds. The van der Waals surface area contributed by atoms with Crippen molar-refractivity contribution in [2.45, 2.75) is 30.2 Å². The van der Waals surface area contributed by atoms with E-state index in [1.165, 1.54) is 16.3 Å². The third kappa shape index (κ3) is 5.84. The summed E-state index contributed by atoms with van der Waals surface area (Å²) in [6, 6.07) is 25.7. The van der Waals surface area contributed by atoms with Gasteiger partial charge in [0.25, 0.3) is 0 Å². The number of carbonyl (C=O) groups excluding carboxylic acids is 1. The van der Waals surface area contributed by atoms with E-state index in [1.807, 2.05) is 0 Å². The largest absolute Gasteiger partial charge is 0.353 e. The number of carbonyl (C=O) groups is 1. The van der Waals surface area contributed by atoms with Crippen molar-refractivity contribution in [1.82, 2.24) is 10.2 Å². The van der Waals surface area contributed by atoms with E-state index in [1.54, 1.807) is 11.8 Å². The Bertz CT molecular complexity index is 936. The Morgan fingerprint density at radius 1 is 0.931 bits per heavy atom. The summed E-state index contributed by atoms with van der Waals surface area (Å²) in [6.07, 6.45) is 3.18. The van der Waals surface area contributed by atoms with Gasteiger partial charge in [0.15, 0.2) is 0 Å². The van der Waals surface area contributed by atoms with Gasteiger partial charge in [-0.05, 0) is 47.7 Å². The summed E-state index contributed by atoms with van der Waals surface area (Å²) in [6.45, 7) is 3.23. The van der Waals surface area contributed by atoms with Crippen molar-refractivity contribution in [2.24, 2.45) is 0 Å². The van der Waals surface area contributed by atoms with Gasteiger partial charge in [-0.2, -0.15) is 0 Å². The maximum atomic E-state index is 12.4. The molecule has 4 rings (SSSR count). The maximum absolute atomic E-state index is 12.4. The molecule has 0 aromatic heterocycles. The monoisotopic (exact) mass is 404 g/mol. The molecule has 4 heteroatoms. The molecule has 0 atom stereocenters. The number of amides is 1. The van der Waals surface area contributed by atoms with Crippen molar-refractivity contribution < 1.29 is 4.79 Å². The first-order valence-electron chi connectivity index (χ1n) is 10.4. The van der Waals surface area contributed by atoms with Gasteiger partial charge in [0.05, 0.1) is 5.75 Å². The summed E-state index contributed by atoms with van der Waals surface area (Å²) in [5, 5.41) is 5.69. The maximum Gasteiger partial charge on any atom is 0.230 e. The van der Waals surface area contributed by atoms with E-state index in [2.05, 4.69) is 83.0 Å². The molecule has 1 heterocycles. The number of fused-ring (bicyclic) bond motifs is 1. The van der Waals surface area contributed by atoms with Crippen LogP contribution in [0, 0.1) is 0 Å². The van der Waals surface area contributed by atoms with E-state index < -0.39 is 0 Å². The lowest BCUT2D eigenvalue weighted by atomic mass is 10.0. The molecular formula is C25H28N2OS. The zero-order valence-electron chi connectivity index (χ0n) is 16.7. The normalized spacial score (nSPS) is 15.4. The molecule has 1 saturated heterocycles. The Labute approximate surface area is 177 Å². The van der Waals surface area contributed by atoms with Crippen molar-refractivity contribution in [3.63, 3.8) is 0 Å². The Morgan fingerprint density at radius 2 is 1.66 bits per heavy atom. The van der Waals surface area contributed by atoms with Gasteiger partial charge in [0, 0.05) is 30.6 Å². The van der Waals surface area contributed by atoms with E-state index >= 15 is 0 Å². The molecule has 1 N–H and O–H groups in total. The van der Waals surface area contributed by atoms with Crippen LogP contribution < -0.4 is 5.32 Å². The lowest BCUT2D eigenvalue weighted by molar-refractivity contribution is -0.119. The molecule has 0 unspecified atom stereocenters. The summed E-state index contributed by atoms with van der Waals surface area (Å²) in [4.78, 5) is 16.1. The number of benzene rings is 3. The molecule has 1 aliphatic rings. The summed E-state index contributed by atoms with van der Waals surface area (Å²) < 4.78 is 0. The number of hydrogen-bond acceptors (Lipinski definition) is 3. The van der Waals surface area contributed by atoms with E-state index in [9.17, 15) is 4.79 Å². The van der Waals surface area contributed by atoms with Crippen LogP contribution in [0.1, 0.15) is 18.4 Å². The topological polar surface area (TPSA) is 32.3 Å². The minimum atomic E-state index is 0.144. The zero-order valence-corrected chi connectivity index (χ0v) is 17.5. The van der Waals surface area contributed by atoms with Crippen molar-refractivity contribution in [2.75, 3.05) is 25.4 Å². The molecule has 0 radical (unpaired) electrons. The second-order valence-corrected chi connectivity index (χ2v) is 8.77. The molecule has 3 nitrogen and oxygen atoms in total. The molecule has 1 aliphatic heterocycles. The SMILES string of the molecule is O=C(CSc1ccc2ccccc2c1)NC1CCN(CCc2ccccc2)CC1. The number of nitrogens with zero attached hydrogens (tertiary/aromatic N) is 1. The highest BCUT2D eigenvalue weighted by Gasteiger charge is 2.20. The van der Waals surface area contributed by atoms with Crippen LogP contribution in [-0.2, 0) is 11.2 Å². The van der Waals surface area contributed by atoms with Crippen molar-refractivity contribution in [3.8, 4) is 0 Å². The first-order chi connectivity index (χ1) is 14.3. The molecule has 0 saturated carbocycles. The number of likely N-dealkylation sites (tertiary alicyclic amines) is 1. The van der Waals surface area contributed by atoms with Crippen LogP contribution in [0.25, 0.3) is 10.8 Å². The van der Waals surface area contributed by atoms with E-state index in [0.717, 1.165) is 43.8 Å². The minimum absolute atomic E-state index is 0.144. The second-order valence-electron chi connectivity index (χ2n) is 7.72. The molecule has 1 fully saturated rings. The van der Waals surface area contributed by atoms with Gasteiger partial charge in [0.2, 0.25) is 5.91 Å². The highest BCUT2D eigenvalue weighted by atomic mass is 32.2. The van der Waals surface area contributed by atoms with Gasteiger partial charge < -0.3 is 10.2 Å². The van der Waals surface area contributed by atoms with Gasteiger partial charge in [-0.25, -0.2) is 0 Å². The highest BCUT2D eigenvalue weighted by Crippen LogP contribution is 2.23. The lowest BCUT2D eigenvalue weighted by Crippen LogP contribution is -2.45. The number of hydrogen-bond donors (Lipinski definition) is 1. The van der Waals surface area contributed by atoms with Crippen molar-refractivity contribution >= 4 is 28.4 Å². The fourth-order valence-corrected chi connectivity index (χ4v) is 4.66. The molecule has 0 aliphatic carbocycles. The molecule has 29 heavy (non-hydrogen) atoms. The van der Waals surface area contributed by atoms with Crippen LogP contribution in [0.3, 0.4) is 0 Å². The molecule has 0 spiro atoms. The summed E-state index contributed by atoms with van der Waals surface area (Å²) in [7, 11) is 0. The second kappa shape index (κ2) is 9.95. The zero-order chi connectivity index (χ0) is 19.9. The predicted molar refractivity (Wildman–Crippen MR) is 122 cm³/mol. The van der Waals surface area contributed by atoms with Gasteiger partial charge in [0.1, 0.15) is 0 Å². The van der Waals surface area contributed by atoms with Gasteiger partial charge >= 0.3 is 0 Å². The minimum Gasteiger partial charge on any atom is -0.353 e. The average Bonchev–Trinajstić information content (AvgIpc) is 2.78. The first kappa shape index (κ1) is 20.0. The third-order valence-electron chi connectivity index (χ3n) is 5.60. The predicted octanol–water partition coefficient (Wildman–Crippen LogP) is 4.76. The molecule has 3 aromatic carbocycles. The number of rotatable bonds is 7. The Morgan fingerprint density at radius 3 is 2.45 bits per heavy atom. The molecule has 3 aromatic rings. The first-order valence-corrected chi connectivity index (χ1v) is 11.4. The summed E-state index contributed by atoms with van der Waals surface area (Å²) in [5.74, 6) is 0.623. The molecular weight excluding hydrogens is 376 g/mol. The van der Waals surface area contributed by atoms with Crippen LogP contribution in [0.4, 0.5) is 0 Å². The van der Waals surface area contributed by atoms with Gasteiger partial charge in [-0.3, -0.25) is 4.79 Å². The quantitative estimate of drug-likeness (QED) is 0.577. The van der Waals surface area contributed by atoms with E-state index in [4.69, 9.17) is 0 Å². The lowest BCUT2D eigenvalue weighted by Gasteiger charge is -2.32. The number of nitrogens with one attached hydrogen (secondary N) is 1. The Kier molecular flexibility index (Phi) is 6.86. The Balaban J connectivity index is 1.17. The van der Waals surface area contributed by atoms with E-state index in [0.29, 0.717) is 11.8 Å². The Hall–Kier alpha value is -2.30. The smallest absolute Gasteiger partial charge is 0.230 e. The number of thioether (sulfide) groups is 1. The van der Waals surface area contributed by atoms with Crippen LogP contribution in [0.2, 0.25) is 0 Å². The van der Waals surface area contributed by atoms with Crippen molar-refractivity contribution in [3.05, 3.63) is 78.4 Å². The molecule has 150 valence electrons. The number of piperidine rings is 1. The average molecular weight is 405 g/mol.